The predicted octanol–water partition coefficient (Wildman–Crippen LogP) is 3.79. The monoisotopic (exact) mass is 282 g/mol. The Kier molecular flexibility index (Phi) is 3.57. The van der Waals surface area contributed by atoms with Gasteiger partial charge in [0.25, 0.3) is 0 Å². The summed E-state index contributed by atoms with van der Waals surface area (Å²) in [6, 6.07) is 11.8. The van der Waals surface area contributed by atoms with E-state index in [0.717, 1.165) is 10.0 Å². The van der Waals surface area contributed by atoms with Crippen LogP contribution < -0.4 is 0 Å². The van der Waals surface area contributed by atoms with Crippen LogP contribution in [-0.2, 0) is 6.42 Å². The van der Waals surface area contributed by atoms with Crippen LogP contribution in [0.25, 0.3) is 0 Å². The molecule has 0 fully saturated rings. The minimum absolute atomic E-state index is 0.431. The lowest BCUT2D eigenvalue weighted by Gasteiger charge is -2.11. The lowest BCUT2D eigenvalue weighted by Crippen LogP contribution is -2.01. The Hall–Kier alpha value is -0.640. The summed E-state index contributed by atoms with van der Waals surface area (Å²) in [5, 5.41) is 12.1. The minimum Gasteiger partial charge on any atom is -0.388 e. The fourth-order valence-corrected chi connectivity index (χ4v) is 2.77. The topological polar surface area (TPSA) is 20.2 Å². The van der Waals surface area contributed by atoms with E-state index in [9.17, 15) is 5.11 Å². The van der Waals surface area contributed by atoms with Gasteiger partial charge in [0.05, 0.1) is 6.10 Å². The lowest BCUT2D eigenvalue weighted by atomic mass is 10.1. The first-order valence-corrected chi connectivity index (χ1v) is 6.39. The third kappa shape index (κ3) is 2.68. The number of hydrogen-bond acceptors (Lipinski definition) is 2. The highest BCUT2D eigenvalue weighted by Gasteiger charge is 2.11. The second kappa shape index (κ2) is 4.92. The fourth-order valence-electron chi connectivity index (χ4n) is 1.47. The number of benzene rings is 1. The van der Waals surface area contributed by atoms with Gasteiger partial charge in [-0.1, -0.05) is 40.2 Å². The summed E-state index contributed by atoms with van der Waals surface area (Å²) in [6.07, 6.45) is 0.250. The molecule has 3 heteroatoms. The molecule has 1 nitrogen and oxygen atoms in total. The summed E-state index contributed by atoms with van der Waals surface area (Å²) >= 11 is 5.12. The molecule has 2 rings (SSSR count). The fraction of sp³-hybridized carbons (Fsp3) is 0.167. The first-order chi connectivity index (χ1) is 7.27. The molecule has 1 atom stereocenters. The molecule has 0 aliphatic carbocycles. The SMILES string of the molecule is OC(Cc1cccs1)c1ccccc1Br. The van der Waals surface area contributed by atoms with Gasteiger partial charge in [-0.2, -0.15) is 0 Å². The molecule has 2 aromatic rings. The Balaban J connectivity index is 2.15. The molecule has 1 unspecified atom stereocenters. The zero-order chi connectivity index (χ0) is 10.7. The highest BCUT2D eigenvalue weighted by atomic mass is 79.9. The summed E-state index contributed by atoms with van der Waals surface area (Å²) < 4.78 is 0.967. The van der Waals surface area contributed by atoms with Gasteiger partial charge in [0.2, 0.25) is 0 Å². The maximum absolute atomic E-state index is 10.0. The van der Waals surface area contributed by atoms with Crippen molar-refractivity contribution < 1.29 is 5.11 Å². The quantitative estimate of drug-likeness (QED) is 0.908. The average Bonchev–Trinajstić information content (AvgIpc) is 2.71. The molecule has 0 radical (unpaired) electrons. The van der Waals surface area contributed by atoms with Crippen LogP contribution in [0, 0.1) is 0 Å². The van der Waals surface area contributed by atoms with E-state index in [2.05, 4.69) is 15.9 Å². The molecular formula is C12H11BrOS. The van der Waals surface area contributed by atoms with Crippen molar-refractivity contribution in [3.8, 4) is 0 Å². The normalized spacial score (nSPS) is 12.7. The van der Waals surface area contributed by atoms with Crippen molar-refractivity contribution in [3.05, 3.63) is 56.7 Å². The smallest absolute Gasteiger partial charge is 0.0849 e. The van der Waals surface area contributed by atoms with Gasteiger partial charge < -0.3 is 5.11 Å². The molecular weight excluding hydrogens is 272 g/mol. The van der Waals surface area contributed by atoms with Gasteiger partial charge in [-0.15, -0.1) is 11.3 Å². The number of thiophene rings is 1. The van der Waals surface area contributed by atoms with Crippen LogP contribution in [0.4, 0.5) is 0 Å². The second-order valence-electron chi connectivity index (χ2n) is 3.32. The highest BCUT2D eigenvalue weighted by Crippen LogP contribution is 2.26. The van der Waals surface area contributed by atoms with Crippen molar-refractivity contribution in [1.29, 1.82) is 0 Å². The molecule has 0 amide bonds. The predicted molar refractivity (Wildman–Crippen MR) is 67.1 cm³/mol. The van der Waals surface area contributed by atoms with Crippen molar-refractivity contribution >= 4 is 27.3 Å². The van der Waals surface area contributed by atoms with Gasteiger partial charge >= 0.3 is 0 Å². The molecule has 0 spiro atoms. The van der Waals surface area contributed by atoms with Gasteiger partial charge in [-0.3, -0.25) is 0 Å². The van der Waals surface area contributed by atoms with Gasteiger partial charge in [0.1, 0.15) is 0 Å². The molecule has 1 aromatic carbocycles. The summed E-state index contributed by atoms with van der Waals surface area (Å²) in [7, 11) is 0. The highest BCUT2D eigenvalue weighted by molar-refractivity contribution is 9.10. The zero-order valence-corrected chi connectivity index (χ0v) is 10.5. The van der Waals surface area contributed by atoms with Gasteiger partial charge in [0, 0.05) is 15.8 Å². The zero-order valence-electron chi connectivity index (χ0n) is 8.06. The minimum atomic E-state index is -0.431. The first kappa shape index (κ1) is 10.9. The molecule has 1 heterocycles. The molecule has 15 heavy (non-hydrogen) atoms. The molecule has 0 aliphatic rings. The summed E-state index contributed by atoms with van der Waals surface area (Å²) in [5.41, 5.74) is 0.950. The van der Waals surface area contributed by atoms with Crippen LogP contribution in [0.2, 0.25) is 0 Å². The van der Waals surface area contributed by atoms with Crippen molar-refractivity contribution in [2.45, 2.75) is 12.5 Å². The largest absolute Gasteiger partial charge is 0.388 e. The Morgan fingerprint density at radius 1 is 1.20 bits per heavy atom. The molecule has 1 N–H and O–H groups in total. The van der Waals surface area contributed by atoms with Crippen LogP contribution in [0.3, 0.4) is 0 Å². The van der Waals surface area contributed by atoms with E-state index < -0.39 is 6.10 Å². The molecule has 0 saturated carbocycles. The molecule has 78 valence electrons. The van der Waals surface area contributed by atoms with E-state index in [1.807, 2.05) is 41.8 Å². The van der Waals surface area contributed by atoms with E-state index in [-0.39, 0.29) is 0 Å². The Labute approximate surface area is 102 Å². The summed E-state index contributed by atoms with van der Waals surface area (Å²) in [6.45, 7) is 0. The standard InChI is InChI=1S/C12H11BrOS/c13-11-6-2-1-5-10(11)12(14)8-9-4-3-7-15-9/h1-7,12,14H,8H2. The number of halogens is 1. The van der Waals surface area contributed by atoms with Crippen LogP contribution in [0.15, 0.2) is 46.3 Å². The van der Waals surface area contributed by atoms with Crippen molar-refractivity contribution in [2.75, 3.05) is 0 Å². The number of rotatable bonds is 3. The Morgan fingerprint density at radius 2 is 2.00 bits per heavy atom. The third-order valence-corrected chi connectivity index (χ3v) is 3.86. The van der Waals surface area contributed by atoms with Crippen LogP contribution in [0.5, 0.6) is 0 Å². The van der Waals surface area contributed by atoms with E-state index >= 15 is 0 Å². The Bertz CT molecular complexity index is 425. The molecule has 0 saturated heterocycles. The van der Waals surface area contributed by atoms with E-state index in [4.69, 9.17) is 0 Å². The lowest BCUT2D eigenvalue weighted by molar-refractivity contribution is 0.178. The van der Waals surface area contributed by atoms with Crippen LogP contribution >= 0.6 is 27.3 Å². The molecule has 0 aliphatic heterocycles. The second-order valence-corrected chi connectivity index (χ2v) is 5.21. The maximum Gasteiger partial charge on any atom is 0.0849 e. The van der Waals surface area contributed by atoms with Gasteiger partial charge in [-0.25, -0.2) is 0 Å². The van der Waals surface area contributed by atoms with Gasteiger partial charge in [0.15, 0.2) is 0 Å². The maximum atomic E-state index is 10.0. The molecule has 0 bridgehead atoms. The van der Waals surface area contributed by atoms with E-state index in [1.165, 1.54) is 4.88 Å². The third-order valence-electron chi connectivity index (χ3n) is 2.24. The number of aliphatic hydroxyl groups is 1. The van der Waals surface area contributed by atoms with Gasteiger partial charge in [-0.05, 0) is 23.1 Å². The average molecular weight is 283 g/mol. The Morgan fingerprint density at radius 3 is 2.67 bits per heavy atom. The van der Waals surface area contributed by atoms with Crippen molar-refractivity contribution in [3.63, 3.8) is 0 Å². The number of hydrogen-bond donors (Lipinski definition) is 1. The van der Waals surface area contributed by atoms with Crippen molar-refractivity contribution in [1.82, 2.24) is 0 Å². The van der Waals surface area contributed by atoms with E-state index in [1.54, 1.807) is 11.3 Å². The molecule has 1 aromatic heterocycles. The number of aliphatic hydroxyl groups excluding tert-OH is 1. The first-order valence-electron chi connectivity index (χ1n) is 4.72. The summed E-state index contributed by atoms with van der Waals surface area (Å²) in [5.74, 6) is 0. The van der Waals surface area contributed by atoms with Crippen molar-refractivity contribution in [2.24, 2.45) is 0 Å². The van der Waals surface area contributed by atoms with Crippen LogP contribution in [0.1, 0.15) is 16.5 Å². The van der Waals surface area contributed by atoms with Crippen LogP contribution in [-0.4, -0.2) is 5.11 Å². The summed E-state index contributed by atoms with van der Waals surface area (Å²) in [4.78, 5) is 1.21. The van der Waals surface area contributed by atoms with E-state index in [0.29, 0.717) is 6.42 Å².